The minimum absolute atomic E-state index is 0.0544. The Kier molecular flexibility index (Phi) is 3.63. The van der Waals surface area contributed by atoms with Crippen LogP contribution in [-0.4, -0.2) is 40.1 Å². The van der Waals surface area contributed by atoms with E-state index < -0.39 is 0 Å². The van der Waals surface area contributed by atoms with E-state index in [4.69, 9.17) is 0 Å². The molecule has 0 bridgehead atoms. The third kappa shape index (κ3) is 2.86. The third-order valence-corrected chi connectivity index (χ3v) is 4.79. The maximum atomic E-state index is 12.0. The maximum Gasteiger partial charge on any atom is 0.228 e. The van der Waals surface area contributed by atoms with Crippen LogP contribution in [0.2, 0.25) is 0 Å². The molecule has 6 heteroatoms. The lowest BCUT2D eigenvalue weighted by Crippen LogP contribution is -2.30. The van der Waals surface area contributed by atoms with Crippen LogP contribution >= 0.6 is 22.7 Å². The summed E-state index contributed by atoms with van der Waals surface area (Å²) < 4.78 is 0. The van der Waals surface area contributed by atoms with Crippen molar-refractivity contribution in [2.24, 2.45) is 0 Å². The van der Waals surface area contributed by atoms with Crippen LogP contribution in [0, 0.1) is 0 Å². The van der Waals surface area contributed by atoms with Crippen LogP contribution in [0.5, 0.6) is 0 Å². The number of aromatic nitrogens is 1. The van der Waals surface area contributed by atoms with Crippen molar-refractivity contribution < 1.29 is 9.90 Å². The van der Waals surface area contributed by atoms with Crippen LogP contribution in [0.4, 0.5) is 0 Å². The van der Waals surface area contributed by atoms with Crippen LogP contribution in [0.15, 0.2) is 22.2 Å². The van der Waals surface area contributed by atoms with Crippen molar-refractivity contribution in [1.82, 2.24) is 9.88 Å². The van der Waals surface area contributed by atoms with Crippen LogP contribution in [-0.2, 0) is 11.2 Å². The van der Waals surface area contributed by atoms with Gasteiger partial charge in [0.25, 0.3) is 0 Å². The summed E-state index contributed by atoms with van der Waals surface area (Å²) in [6.45, 7) is 1.11. The molecule has 1 aliphatic heterocycles. The second-order valence-electron chi connectivity index (χ2n) is 4.62. The van der Waals surface area contributed by atoms with Gasteiger partial charge in [-0.1, -0.05) is 0 Å². The molecule has 2 aromatic heterocycles. The quantitative estimate of drug-likeness (QED) is 0.942. The van der Waals surface area contributed by atoms with E-state index in [9.17, 15) is 9.90 Å². The van der Waals surface area contributed by atoms with Gasteiger partial charge < -0.3 is 10.0 Å². The lowest BCUT2D eigenvalue weighted by atomic mass is 10.3. The molecule has 0 saturated carbocycles. The Morgan fingerprint density at radius 1 is 1.53 bits per heavy atom. The first-order chi connectivity index (χ1) is 9.22. The number of hydrogen-bond donors (Lipinski definition) is 1. The number of nitrogens with zero attached hydrogens (tertiary/aromatic N) is 2. The average Bonchev–Trinajstić information content (AvgIpc) is 3.07. The molecule has 19 heavy (non-hydrogen) atoms. The van der Waals surface area contributed by atoms with Crippen LogP contribution in [0.3, 0.4) is 0 Å². The zero-order valence-corrected chi connectivity index (χ0v) is 11.9. The van der Waals surface area contributed by atoms with E-state index in [1.807, 2.05) is 16.8 Å². The molecular formula is C13H14N2O2S2. The molecule has 1 atom stereocenters. The van der Waals surface area contributed by atoms with Crippen LogP contribution in [0.25, 0.3) is 10.6 Å². The molecule has 1 fully saturated rings. The number of thiophene rings is 1. The number of β-amino-alcohol motifs (C(OH)–C–C–N with tert-alkyl or cyclic N) is 1. The number of hydrogen-bond acceptors (Lipinski definition) is 5. The molecule has 100 valence electrons. The highest BCUT2D eigenvalue weighted by Gasteiger charge is 2.24. The van der Waals surface area contributed by atoms with Gasteiger partial charge in [-0.25, -0.2) is 4.98 Å². The number of amides is 1. The first kappa shape index (κ1) is 12.8. The SMILES string of the molecule is O=C(Cc1csc(-c2ccsc2)n1)N1CC[C@H](O)C1. The fraction of sp³-hybridized carbons (Fsp3) is 0.385. The monoisotopic (exact) mass is 294 g/mol. The summed E-state index contributed by atoms with van der Waals surface area (Å²) in [5, 5.41) is 16.4. The summed E-state index contributed by atoms with van der Waals surface area (Å²) >= 11 is 3.21. The zero-order chi connectivity index (χ0) is 13.2. The van der Waals surface area contributed by atoms with E-state index in [-0.39, 0.29) is 12.0 Å². The molecule has 3 heterocycles. The molecule has 1 aliphatic rings. The summed E-state index contributed by atoms with van der Waals surface area (Å²) in [7, 11) is 0. The molecule has 0 aromatic carbocycles. The standard InChI is InChI=1S/C13H14N2O2S2/c16-11-1-3-15(6-11)12(17)5-10-8-19-13(14-10)9-2-4-18-7-9/h2,4,7-8,11,16H,1,3,5-6H2/t11-/m0/s1. The maximum absolute atomic E-state index is 12.0. The van der Waals surface area contributed by atoms with E-state index in [2.05, 4.69) is 10.4 Å². The van der Waals surface area contributed by atoms with Gasteiger partial charge in [0.2, 0.25) is 5.91 Å². The summed E-state index contributed by atoms with van der Waals surface area (Å²) in [5.41, 5.74) is 1.93. The van der Waals surface area contributed by atoms with Crippen LogP contribution < -0.4 is 0 Å². The minimum Gasteiger partial charge on any atom is -0.391 e. The Hall–Kier alpha value is -1.24. The second-order valence-corrected chi connectivity index (χ2v) is 6.25. The molecule has 0 aliphatic carbocycles. The number of carbonyl (C=O) groups is 1. The fourth-order valence-corrected chi connectivity index (χ4v) is 3.67. The predicted molar refractivity (Wildman–Crippen MR) is 76.3 cm³/mol. The number of thiazole rings is 1. The second kappa shape index (κ2) is 5.40. The van der Waals surface area contributed by atoms with E-state index >= 15 is 0 Å². The molecule has 1 saturated heterocycles. The molecule has 1 amide bonds. The highest BCUT2D eigenvalue weighted by Crippen LogP contribution is 2.26. The fourth-order valence-electron chi connectivity index (χ4n) is 2.14. The number of aliphatic hydroxyl groups excluding tert-OH is 1. The minimum atomic E-state index is -0.360. The van der Waals surface area contributed by atoms with E-state index in [1.165, 1.54) is 0 Å². The molecule has 2 aromatic rings. The van der Waals surface area contributed by atoms with Crippen molar-refractivity contribution in [3.63, 3.8) is 0 Å². The third-order valence-electron chi connectivity index (χ3n) is 3.17. The molecule has 1 N–H and O–H groups in total. The molecule has 4 nitrogen and oxygen atoms in total. The Bertz CT molecular complexity index is 565. The van der Waals surface area contributed by atoms with Gasteiger partial charge in [0.05, 0.1) is 18.2 Å². The van der Waals surface area contributed by atoms with Gasteiger partial charge in [0, 0.05) is 29.4 Å². The van der Waals surface area contributed by atoms with Gasteiger partial charge in [0.1, 0.15) is 5.01 Å². The highest BCUT2D eigenvalue weighted by molar-refractivity contribution is 7.14. The lowest BCUT2D eigenvalue weighted by Gasteiger charge is -2.14. The highest BCUT2D eigenvalue weighted by atomic mass is 32.1. The van der Waals surface area contributed by atoms with E-state index in [0.29, 0.717) is 25.9 Å². The van der Waals surface area contributed by atoms with Crippen molar-refractivity contribution in [2.45, 2.75) is 18.9 Å². The molecule has 3 rings (SSSR count). The van der Waals surface area contributed by atoms with E-state index in [0.717, 1.165) is 16.3 Å². The van der Waals surface area contributed by atoms with Gasteiger partial charge in [0.15, 0.2) is 0 Å². The summed E-state index contributed by atoms with van der Waals surface area (Å²) in [6, 6.07) is 2.03. The number of aliphatic hydroxyl groups is 1. The Morgan fingerprint density at radius 2 is 2.42 bits per heavy atom. The first-order valence-corrected chi connectivity index (χ1v) is 7.97. The normalized spacial score (nSPS) is 19.0. The Labute approximate surface area is 119 Å². The van der Waals surface area contributed by atoms with Gasteiger partial charge in [-0.3, -0.25) is 4.79 Å². The lowest BCUT2D eigenvalue weighted by molar-refractivity contribution is -0.129. The van der Waals surface area contributed by atoms with Gasteiger partial charge in [-0.2, -0.15) is 11.3 Å². The first-order valence-electron chi connectivity index (χ1n) is 6.15. The summed E-state index contributed by atoms with van der Waals surface area (Å²) in [5.74, 6) is 0.0544. The van der Waals surface area contributed by atoms with Crippen molar-refractivity contribution in [3.8, 4) is 10.6 Å². The van der Waals surface area contributed by atoms with Crippen molar-refractivity contribution in [1.29, 1.82) is 0 Å². The van der Waals surface area contributed by atoms with E-state index in [1.54, 1.807) is 27.6 Å². The summed E-state index contributed by atoms with van der Waals surface area (Å²) in [6.07, 6.45) is 0.650. The van der Waals surface area contributed by atoms with Crippen molar-refractivity contribution >= 4 is 28.6 Å². The zero-order valence-electron chi connectivity index (χ0n) is 10.3. The van der Waals surface area contributed by atoms with Crippen LogP contribution in [0.1, 0.15) is 12.1 Å². The molecule has 0 spiro atoms. The molecular weight excluding hydrogens is 280 g/mol. The van der Waals surface area contributed by atoms with Gasteiger partial charge in [-0.15, -0.1) is 11.3 Å². The largest absolute Gasteiger partial charge is 0.391 e. The van der Waals surface area contributed by atoms with Crippen molar-refractivity contribution in [2.75, 3.05) is 13.1 Å². The van der Waals surface area contributed by atoms with Gasteiger partial charge >= 0.3 is 0 Å². The molecule has 0 radical (unpaired) electrons. The molecule has 0 unspecified atom stereocenters. The topological polar surface area (TPSA) is 53.4 Å². The number of likely N-dealkylation sites (tertiary alicyclic amines) is 1. The number of carbonyl (C=O) groups excluding carboxylic acids is 1. The smallest absolute Gasteiger partial charge is 0.228 e. The number of rotatable bonds is 3. The summed E-state index contributed by atoms with van der Waals surface area (Å²) in [4.78, 5) is 18.3. The van der Waals surface area contributed by atoms with Gasteiger partial charge in [-0.05, 0) is 17.9 Å². The van der Waals surface area contributed by atoms with Crippen molar-refractivity contribution in [3.05, 3.63) is 27.9 Å². The Morgan fingerprint density at radius 3 is 3.11 bits per heavy atom. The average molecular weight is 294 g/mol. The Balaban J connectivity index is 1.66. The predicted octanol–water partition coefficient (Wildman–Crippen LogP) is 2.01.